The van der Waals surface area contributed by atoms with E-state index in [2.05, 4.69) is 5.32 Å². The fourth-order valence-electron chi connectivity index (χ4n) is 1.98. The second-order valence-corrected chi connectivity index (χ2v) is 4.99. The normalized spacial score (nSPS) is 11.0. The van der Waals surface area contributed by atoms with Crippen LogP contribution in [-0.2, 0) is 11.8 Å². The van der Waals surface area contributed by atoms with Gasteiger partial charge in [-0.25, -0.2) is 0 Å². The Labute approximate surface area is 124 Å². The quantitative estimate of drug-likeness (QED) is 0.693. The third-order valence-corrected chi connectivity index (χ3v) is 3.28. The van der Waals surface area contributed by atoms with Crippen LogP contribution in [0.15, 0.2) is 42.1 Å². The van der Waals surface area contributed by atoms with E-state index in [1.54, 1.807) is 6.08 Å². The molecule has 0 bridgehead atoms. The summed E-state index contributed by atoms with van der Waals surface area (Å²) in [5.74, 6) is -0.396. The molecular formula is C17H17N3O. The lowest BCUT2D eigenvalue weighted by molar-refractivity contribution is -0.112. The van der Waals surface area contributed by atoms with Crippen molar-refractivity contribution in [3.05, 3.63) is 58.9 Å². The van der Waals surface area contributed by atoms with Gasteiger partial charge in [0.2, 0.25) is 0 Å². The maximum atomic E-state index is 12.2. The monoisotopic (exact) mass is 279 g/mol. The third-order valence-electron chi connectivity index (χ3n) is 3.28. The Balaban J connectivity index is 2.26. The average molecular weight is 279 g/mol. The van der Waals surface area contributed by atoms with E-state index >= 15 is 0 Å². The fourth-order valence-corrected chi connectivity index (χ4v) is 1.98. The predicted molar refractivity (Wildman–Crippen MR) is 83.5 cm³/mol. The van der Waals surface area contributed by atoms with E-state index in [1.807, 2.05) is 68.1 Å². The van der Waals surface area contributed by atoms with Gasteiger partial charge in [0.1, 0.15) is 11.6 Å². The molecule has 0 aliphatic heterocycles. The summed E-state index contributed by atoms with van der Waals surface area (Å²) in [6.45, 7) is 3.88. The van der Waals surface area contributed by atoms with Gasteiger partial charge < -0.3 is 9.88 Å². The van der Waals surface area contributed by atoms with Crippen LogP contribution in [0.4, 0.5) is 5.69 Å². The Bertz CT molecular complexity index is 748. The number of hydrogen-bond acceptors (Lipinski definition) is 2. The molecule has 0 unspecified atom stereocenters. The molecule has 0 fully saturated rings. The van der Waals surface area contributed by atoms with E-state index in [1.165, 1.54) is 0 Å². The van der Waals surface area contributed by atoms with Gasteiger partial charge in [0.25, 0.3) is 5.91 Å². The summed E-state index contributed by atoms with van der Waals surface area (Å²) >= 11 is 0. The Kier molecular flexibility index (Phi) is 4.24. The van der Waals surface area contributed by atoms with Crippen molar-refractivity contribution in [3.8, 4) is 6.07 Å². The molecule has 1 heterocycles. The molecule has 0 atom stereocenters. The van der Waals surface area contributed by atoms with Gasteiger partial charge in [0.05, 0.1) is 0 Å². The molecule has 0 radical (unpaired) electrons. The number of carbonyl (C=O) groups is 1. The number of benzene rings is 1. The van der Waals surface area contributed by atoms with Crippen molar-refractivity contribution in [2.24, 2.45) is 7.05 Å². The van der Waals surface area contributed by atoms with Crippen LogP contribution in [0.2, 0.25) is 0 Å². The molecule has 106 valence electrons. The highest BCUT2D eigenvalue weighted by Crippen LogP contribution is 2.17. The van der Waals surface area contributed by atoms with Crippen LogP contribution in [-0.4, -0.2) is 10.5 Å². The molecule has 2 rings (SSSR count). The van der Waals surface area contributed by atoms with Gasteiger partial charge in [-0.1, -0.05) is 12.1 Å². The van der Waals surface area contributed by atoms with Crippen LogP contribution in [0.1, 0.15) is 16.8 Å². The van der Waals surface area contributed by atoms with Crippen molar-refractivity contribution in [2.75, 3.05) is 5.32 Å². The van der Waals surface area contributed by atoms with Gasteiger partial charge in [0, 0.05) is 24.6 Å². The molecule has 0 aliphatic rings. The van der Waals surface area contributed by atoms with Gasteiger partial charge in [-0.3, -0.25) is 4.79 Å². The van der Waals surface area contributed by atoms with E-state index < -0.39 is 5.91 Å². The molecule has 2 aromatic rings. The van der Waals surface area contributed by atoms with Crippen LogP contribution in [0.5, 0.6) is 0 Å². The lowest BCUT2D eigenvalue weighted by Gasteiger charge is -2.09. The van der Waals surface area contributed by atoms with E-state index in [4.69, 9.17) is 0 Å². The summed E-state index contributed by atoms with van der Waals surface area (Å²) in [6.07, 6.45) is 3.45. The van der Waals surface area contributed by atoms with Crippen molar-refractivity contribution in [3.63, 3.8) is 0 Å². The number of carbonyl (C=O) groups excluding carboxylic acids is 1. The van der Waals surface area contributed by atoms with E-state index in [0.717, 1.165) is 22.5 Å². The molecule has 0 saturated carbocycles. The maximum Gasteiger partial charge on any atom is 0.266 e. The molecule has 0 spiro atoms. The minimum atomic E-state index is -0.396. The summed E-state index contributed by atoms with van der Waals surface area (Å²) in [5.41, 5.74) is 3.64. The highest BCUT2D eigenvalue weighted by Gasteiger charge is 2.11. The first-order valence-corrected chi connectivity index (χ1v) is 6.63. The van der Waals surface area contributed by atoms with Gasteiger partial charge in [-0.05, 0) is 49.2 Å². The van der Waals surface area contributed by atoms with E-state index in [9.17, 15) is 10.1 Å². The highest BCUT2D eigenvalue weighted by atomic mass is 16.1. The second-order valence-electron chi connectivity index (χ2n) is 4.99. The third kappa shape index (κ3) is 3.40. The number of nitriles is 1. The Morgan fingerprint density at radius 3 is 2.71 bits per heavy atom. The topological polar surface area (TPSA) is 57.8 Å². The second kappa shape index (κ2) is 6.10. The van der Waals surface area contributed by atoms with Gasteiger partial charge >= 0.3 is 0 Å². The Morgan fingerprint density at radius 1 is 1.33 bits per heavy atom. The largest absolute Gasteiger partial charge is 0.351 e. The molecule has 0 saturated heterocycles. The molecule has 1 aromatic heterocycles. The highest BCUT2D eigenvalue weighted by molar-refractivity contribution is 6.09. The van der Waals surface area contributed by atoms with Crippen LogP contribution in [0.3, 0.4) is 0 Å². The van der Waals surface area contributed by atoms with Gasteiger partial charge in [-0.15, -0.1) is 0 Å². The molecule has 1 aromatic carbocycles. The minimum absolute atomic E-state index is 0.0812. The van der Waals surface area contributed by atoms with Gasteiger partial charge in [0.15, 0.2) is 0 Å². The number of amides is 1. The molecule has 1 amide bonds. The van der Waals surface area contributed by atoms with Crippen LogP contribution < -0.4 is 5.32 Å². The van der Waals surface area contributed by atoms with E-state index in [-0.39, 0.29) is 5.57 Å². The van der Waals surface area contributed by atoms with E-state index in [0.29, 0.717) is 0 Å². The smallest absolute Gasteiger partial charge is 0.266 e. The number of aryl methyl sites for hydroxylation is 3. The maximum absolute atomic E-state index is 12.2. The summed E-state index contributed by atoms with van der Waals surface area (Å²) in [5, 5.41) is 12.0. The molecule has 4 nitrogen and oxygen atoms in total. The predicted octanol–water partition coefficient (Wildman–Crippen LogP) is 3.19. The number of nitrogens with zero attached hydrogens (tertiary/aromatic N) is 2. The number of aromatic nitrogens is 1. The zero-order valence-electron chi connectivity index (χ0n) is 12.3. The first-order valence-electron chi connectivity index (χ1n) is 6.63. The van der Waals surface area contributed by atoms with Crippen molar-refractivity contribution in [1.29, 1.82) is 5.26 Å². The first kappa shape index (κ1) is 14.6. The molecular weight excluding hydrogens is 262 g/mol. The molecule has 0 aliphatic carbocycles. The number of nitrogens with one attached hydrogen (secondary N) is 1. The zero-order valence-corrected chi connectivity index (χ0v) is 12.3. The molecule has 4 heteroatoms. The van der Waals surface area contributed by atoms with Crippen molar-refractivity contribution >= 4 is 17.7 Å². The van der Waals surface area contributed by atoms with Crippen molar-refractivity contribution < 1.29 is 4.79 Å². The summed E-state index contributed by atoms with van der Waals surface area (Å²) in [6, 6.07) is 11.5. The zero-order chi connectivity index (χ0) is 15.4. The fraction of sp³-hybridized carbons (Fsp3) is 0.176. The lowest BCUT2D eigenvalue weighted by atomic mass is 10.1. The number of anilines is 1. The van der Waals surface area contributed by atoms with Crippen LogP contribution in [0, 0.1) is 25.2 Å². The summed E-state index contributed by atoms with van der Waals surface area (Å²) in [4.78, 5) is 12.2. The Morgan fingerprint density at radius 2 is 2.10 bits per heavy atom. The SMILES string of the molecule is Cc1ccc(C)c(NC(=O)/C(C#N)=C/c2cccn2C)c1. The average Bonchev–Trinajstić information content (AvgIpc) is 2.85. The number of hydrogen-bond donors (Lipinski definition) is 1. The summed E-state index contributed by atoms with van der Waals surface area (Å²) in [7, 11) is 1.86. The van der Waals surface area contributed by atoms with Gasteiger partial charge in [-0.2, -0.15) is 5.26 Å². The lowest BCUT2D eigenvalue weighted by Crippen LogP contribution is -2.14. The van der Waals surface area contributed by atoms with Crippen LogP contribution >= 0.6 is 0 Å². The standard InChI is InChI=1S/C17H17N3O/c1-12-6-7-13(2)16(9-12)19-17(21)14(11-18)10-15-5-4-8-20(15)3/h4-10H,1-3H3,(H,19,21)/b14-10+. The molecule has 1 N–H and O–H groups in total. The minimum Gasteiger partial charge on any atom is -0.351 e. The molecule has 21 heavy (non-hydrogen) atoms. The number of rotatable bonds is 3. The van der Waals surface area contributed by atoms with Crippen molar-refractivity contribution in [1.82, 2.24) is 4.57 Å². The summed E-state index contributed by atoms with van der Waals surface area (Å²) < 4.78 is 1.85. The van der Waals surface area contributed by atoms with Crippen molar-refractivity contribution in [2.45, 2.75) is 13.8 Å². The first-order chi connectivity index (χ1) is 10.0. The van der Waals surface area contributed by atoms with Crippen LogP contribution in [0.25, 0.3) is 6.08 Å². The Hall–Kier alpha value is -2.80.